The van der Waals surface area contributed by atoms with Crippen LogP contribution in [-0.2, 0) is 0 Å². The SMILES string of the molecule is CN(CC(N)c1ccccc1)C1CCCCC1. The molecule has 0 bridgehead atoms. The molecule has 94 valence electrons. The van der Waals surface area contributed by atoms with Gasteiger partial charge in [0.05, 0.1) is 0 Å². The Labute approximate surface area is 105 Å². The maximum Gasteiger partial charge on any atom is 0.0424 e. The first-order valence-electron chi connectivity index (χ1n) is 6.78. The molecule has 0 heterocycles. The molecule has 1 aliphatic carbocycles. The van der Waals surface area contributed by atoms with Gasteiger partial charge in [0.25, 0.3) is 0 Å². The van der Waals surface area contributed by atoms with Crippen LogP contribution >= 0.6 is 0 Å². The lowest BCUT2D eigenvalue weighted by Gasteiger charge is -2.32. The van der Waals surface area contributed by atoms with Crippen LogP contribution in [0.25, 0.3) is 0 Å². The largest absolute Gasteiger partial charge is 0.323 e. The van der Waals surface area contributed by atoms with Crippen LogP contribution in [0.5, 0.6) is 0 Å². The van der Waals surface area contributed by atoms with Crippen LogP contribution in [0.2, 0.25) is 0 Å². The molecule has 0 radical (unpaired) electrons. The molecular weight excluding hydrogens is 208 g/mol. The molecule has 1 aliphatic rings. The molecule has 1 aromatic carbocycles. The van der Waals surface area contributed by atoms with E-state index in [-0.39, 0.29) is 6.04 Å². The minimum Gasteiger partial charge on any atom is -0.323 e. The second-order valence-corrected chi connectivity index (χ2v) is 5.25. The number of hydrogen-bond acceptors (Lipinski definition) is 2. The fraction of sp³-hybridized carbons (Fsp3) is 0.600. The molecule has 1 fully saturated rings. The Morgan fingerprint density at radius 2 is 1.82 bits per heavy atom. The van der Waals surface area contributed by atoms with E-state index in [1.807, 2.05) is 6.07 Å². The maximum atomic E-state index is 6.26. The molecule has 1 aromatic rings. The van der Waals surface area contributed by atoms with Crippen LogP contribution in [0.4, 0.5) is 0 Å². The standard InChI is InChI=1S/C15H24N2/c1-17(14-10-6-3-7-11-14)12-15(16)13-8-4-2-5-9-13/h2,4-5,8-9,14-15H,3,6-7,10-12,16H2,1H3. The van der Waals surface area contributed by atoms with E-state index in [1.165, 1.54) is 37.7 Å². The Morgan fingerprint density at radius 3 is 2.47 bits per heavy atom. The highest BCUT2D eigenvalue weighted by Gasteiger charge is 2.19. The number of nitrogens with two attached hydrogens (primary N) is 1. The zero-order valence-electron chi connectivity index (χ0n) is 10.8. The van der Waals surface area contributed by atoms with E-state index >= 15 is 0 Å². The molecule has 1 saturated carbocycles. The van der Waals surface area contributed by atoms with Gasteiger partial charge in [-0.1, -0.05) is 49.6 Å². The summed E-state index contributed by atoms with van der Waals surface area (Å²) in [5.41, 5.74) is 7.51. The molecule has 2 nitrogen and oxygen atoms in total. The Balaban J connectivity index is 1.87. The summed E-state index contributed by atoms with van der Waals surface area (Å²) in [5.74, 6) is 0. The molecule has 1 unspecified atom stereocenters. The molecule has 2 rings (SSSR count). The van der Waals surface area contributed by atoms with Crippen LogP contribution in [0.15, 0.2) is 30.3 Å². The van der Waals surface area contributed by atoms with E-state index in [2.05, 4.69) is 36.2 Å². The Morgan fingerprint density at radius 1 is 1.18 bits per heavy atom. The molecule has 0 aromatic heterocycles. The second kappa shape index (κ2) is 6.18. The number of rotatable bonds is 4. The summed E-state index contributed by atoms with van der Waals surface area (Å²) < 4.78 is 0. The van der Waals surface area contributed by atoms with Gasteiger partial charge < -0.3 is 10.6 Å². The van der Waals surface area contributed by atoms with Gasteiger partial charge in [0.15, 0.2) is 0 Å². The monoisotopic (exact) mass is 232 g/mol. The first-order chi connectivity index (χ1) is 8.27. The summed E-state index contributed by atoms with van der Waals surface area (Å²) in [6.07, 6.45) is 6.87. The molecule has 0 saturated heterocycles. The predicted molar refractivity (Wildman–Crippen MR) is 72.9 cm³/mol. The van der Waals surface area contributed by atoms with Crippen molar-refractivity contribution in [2.45, 2.75) is 44.2 Å². The third kappa shape index (κ3) is 3.55. The number of likely N-dealkylation sites (N-methyl/N-ethyl adjacent to an activating group) is 1. The average Bonchev–Trinajstić information content (AvgIpc) is 2.40. The van der Waals surface area contributed by atoms with Crippen molar-refractivity contribution >= 4 is 0 Å². The van der Waals surface area contributed by atoms with Gasteiger partial charge in [0, 0.05) is 18.6 Å². The topological polar surface area (TPSA) is 29.3 Å². The zero-order valence-corrected chi connectivity index (χ0v) is 10.8. The maximum absolute atomic E-state index is 6.26. The molecule has 0 amide bonds. The van der Waals surface area contributed by atoms with Crippen molar-refractivity contribution in [2.75, 3.05) is 13.6 Å². The van der Waals surface area contributed by atoms with Crippen LogP contribution in [0, 0.1) is 0 Å². The van der Waals surface area contributed by atoms with Crippen LogP contribution in [0.3, 0.4) is 0 Å². The van der Waals surface area contributed by atoms with Crippen LogP contribution in [-0.4, -0.2) is 24.5 Å². The van der Waals surface area contributed by atoms with Gasteiger partial charge in [0.2, 0.25) is 0 Å². The lowest BCUT2D eigenvalue weighted by Crippen LogP contribution is -2.38. The van der Waals surface area contributed by atoms with E-state index in [0.29, 0.717) is 0 Å². The van der Waals surface area contributed by atoms with Crippen molar-refractivity contribution in [1.82, 2.24) is 4.90 Å². The van der Waals surface area contributed by atoms with Crippen LogP contribution in [0.1, 0.15) is 43.7 Å². The first kappa shape index (κ1) is 12.6. The number of hydrogen-bond donors (Lipinski definition) is 1. The Hall–Kier alpha value is -0.860. The minimum atomic E-state index is 0.142. The molecule has 2 heteroatoms. The van der Waals surface area contributed by atoms with Crippen molar-refractivity contribution in [3.05, 3.63) is 35.9 Å². The van der Waals surface area contributed by atoms with Crippen LogP contribution < -0.4 is 5.73 Å². The van der Waals surface area contributed by atoms with Gasteiger partial charge >= 0.3 is 0 Å². The van der Waals surface area contributed by atoms with Crippen molar-refractivity contribution in [3.63, 3.8) is 0 Å². The number of benzene rings is 1. The summed E-state index contributed by atoms with van der Waals surface area (Å²) in [5, 5.41) is 0. The third-order valence-electron chi connectivity index (χ3n) is 3.91. The van der Waals surface area contributed by atoms with Crippen molar-refractivity contribution in [3.8, 4) is 0 Å². The summed E-state index contributed by atoms with van der Waals surface area (Å²) in [4.78, 5) is 2.46. The van der Waals surface area contributed by atoms with Gasteiger partial charge in [-0.25, -0.2) is 0 Å². The zero-order chi connectivity index (χ0) is 12.1. The Bertz CT molecular complexity index is 317. The summed E-state index contributed by atoms with van der Waals surface area (Å²) in [6.45, 7) is 0.967. The fourth-order valence-electron chi connectivity index (χ4n) is 2.79. The van der Waals surface area contributed by atoms with E-state index in [0.717, 1.165) is 12.6 Å². The van der Waals surface area contributed by atoms with Gasteiger partial charge in [-0.2, -0.15) is 0 Å². The molecule has 17 heavy (non-hydrogen) atoms. The smallest absolute Gasteiger partial charge is 0.0424 e. The van der Waals surface area contributed by atoms with E-state index in [1.54, 1.807) is 0 Å². The minimum absolute atomic E-state index is 0.142. The number of nitrogens with zero attached hydrogens (tertiary/aromatic N) is 1. The van der Waals surface area contributed by atoms with E-state index in [9.17, 15) is 0 Å². The predicted octanol–water partition coefficient (Wildman–Crippen LogP) is 2.95. The quantitative estimate of drug-likeness (QED) is 0.865. The Kier molecular flexibility index (Phi) is 4.57. The average molecular weight is 232 g/mol. The van der Waals surface area contributed by atoms with Crippen molar-refractivity contribution in [2.24, 2.45) is 5.73 Å². The molecule has 0 spiro atoms. The lowest BCUT2D eigenvalue weighted by atomic mass is 9.94. The molecule has 1 atom stereocenters. The van der Waals surface area contributed by atoms with Crippen molar-refractivity contribution < 1.29 is 0 Å². The molecular formula is C15H24N2. The summed E-state index contributed by atoms with van der Waals surface area (Å²) >= 11 is 0. The van der Waals surface area contributed by atoms with Gasteiger partial charge in [-0.15, -0.1) is 0 Å². The normalized spacial score (nSPS) is 19.5. The highest BCUT2D eigenvalue weighted by Crippen LogP contribution is 2.23. The van der Waals surface area contributed by atoms with Gasteiger partial charge in [-0.3, -0.25) is 0 Å². The molecule has 2 N–H and O–H groups in total. The fourth-order valence-corrected chi connectivity index (χ4v) is 2.79. The van der Waals surface area contributed by atoms with E-state index in [4.69, 9.17) is 5.73 Å². The highest BCUT2D eigenvalue weighted by atomic mass is 15.1. The van der Waals surface area contributed by atoms with Crippen molar-refractivity contribution in [1.29, 1.82) is 0 Å². The summed E-state index contributed by atoms with van der Waals surface area (Å²) in [6, 6.07) is 11.3. The van der Waals surface area contributed by atoms with E-state index < -0.39 is 0 Å². The second-order valence-electron chi connectivity index (χ2n) is 5.25. The third-order valence-corrected chi connectivity index (χ3v) is 3.91. The summed E-state index contributed by atoms with van der Waals surface area (Å²) in [7, 11) is 2.22. The highest BCUT2D eigenvalue weighted by molar-refractivity contribution is 5.18. The lowest BCUT2D eigenvalue weighted by molar-refractivity contribution is 0.182. The molecule has 0 aliphatic heterocycles. The van der Waals surface area contributed by atoms with Gasteiger partial charge in [-0.05, 0) is 25.5 Å². The first-order valence-corrected chi connectivity index (χ1v) is 6.78. The van der Waals surface area contributed by atoms with Gasteiger partial charge in [0.1, 0.15) is 0 Å².